The summed E-state index contributed by atoms with van der Waals surface area (Å²) in [6, 6.07) is 10.2. The van der Waals surface area contributed by atoms with Crippen LogP contribution in [0.15, 0.2) is 36.4 Å². The molecule has 9 heteroatoms. The van der Waals surface area contributed by atoms with Gasteiger partial charge in [-0.25, -0.2) is 0 Å². The number of anilines is 1. The van der Waals surface area contributed by atoms with Crippen molar-refractivity contribution >= 4 is 52.2 Å². The first-order valence-electron chi connectivity index (χ1n) is 9.40. The second kappa shape index (κ2) is 7.80. The van der Waals surface area contributed by atoms with Crippen molar-refractivity contribution in [3.05, 3.63) is 52.0 Å². The van der Waals surface area contributed by atoms with Crippen LogP contribution < -0.4 is 19.7 Å². The summed E-state index contributed by atoms with van der Waals surface area (Å²) in [4.78, 5) is 14.9. The fourth-order valence-electron chi connectivity index (χ4n) is 4.17. The van der Waals surface area contributed by atoms with Crippen molar-refractivity contribution in [3.63, 3.8) is 0 Å². The molecule has 158 valence electrons. The average molecular weight is 467 g/mol. The van der Waals surface area contributed by atoms with Gasteiger partial charge in [-0.05, 0) is 50.3 Å². The Balaban J connectivity index is 1.95. The first-order valence-corrected chi connectivity index (χ1v) is 10.6. The van der Waals surface area contributed by atoms with E-state index < -0.39 is 23.7 Å². The molecule has 6 nitrogen and oxygen atoms in total. The molecular formula is C21H20Cl2N2O4S. The van der Waals surface area contributed by atoms with Crippen molar-refractivity contribution in [2.45, 2.75) is 25.6 Å². The first kappa shape index (κ1) is 21.0. The van der Waals surface area contributed by atoms with Crippen LogP contribution in [0.4, 0.5) is 5.69 Å². The molecule has 2 aromatic carbocycles. The Bertz CT molecular complexity index is 1030. The van der Waals surface area contributed by atoms with Crippen molar-refractivity contribution in [3.8, 4) is 11.5 Å². The molecule has 1 N–H and O–H groups in total. The molecule has 4 rings (SSSR count). The zero-order valence-corrected chi connectivity index (χ0v) is 18.9. The van der Waals surface area contributed by atoms with Gasteiger partial charge in [0.1, 0.15) is 17.4 Å². The van der Waals surface area contributed by atoms with Crippen molar-refractivity contribution < 1.29 is 19.0 Å². The van der Waals surface area contributed by atoms with Crippen LogP contribution in [0.3, 0.4) is 0 Å². The molecule has 0 aliphatic carbocycles. The third-order valence-corrected chi connectivity index (χ3v) is 6.18. The van der Waals surface area contributed by atoms with E-state index in [0.717, 1.165) is 0 Å². The van der Waals surface area contributed by atoms with E-state index in [1.165, 1.54) is 0 Å². The van der Waals surface area contributed by atoms with Gasteiger partial charge in [-0.1, -0.05) is 35.3 Å². The van der Waals surface area contributed by atoms with Crippen LogP contribution >= 0.6 is 35.4 Å². The first-order chi connectivity index (χ1) is 14.3. The minimum absolute atomic E-state index is 0.237. The van der Waals surface area contributed by atoms with Crippen molar-refractivity contribution in [1.29, 1.82) is 0 Å². The summed E-state index contributed by atoms with van der Waals surface area (Å²) in [5.41, 5.74) is 0.0876. The Labute approximate surface area is 190 Å². The number of rotatable bonds is 4. The second-order valence-corrected chi connectivity index (χ2v) is 8.36. The molecule has 1 fully saturated rings. The number of methoxy groups -OCH3 is 1. The molecule has 1 saturated heterocycles. The molecule has 2 aliphatic rings. The summed E-state index contributed by atoms with van der Waals surface area (Å²) in [6.07, 6.45) is 0. The number of nitrogens with zero attached hydrogens (tertiary/aromatic N) is 1. The number of hydrogen-bond acceptors (Lipinski definition) is 5. The van der Waals surface area contributed by atoms with Gasteiger partial charge in [-0.15, -0.1) is 0 Å². The van der Waals surface area contributed by atoms with E-state index >= 15 is 0 Å². The fraction of sp³-hybridized carbons (Fsp3) is 0.333. The summed E-state index contributed by atoms with van der Waals surface area (Å²) in [5, 5.41) is 4.45. The van der Waals surface area contributed by atoms with Gasteiger partial charge in [0.05, 0.1) is 30.5 Å². The monoisotopic (exact) mass is 466 g/mol. The van der Waals surface area contributed by atoms with Gasteiger partial charge >= 0.3 is 5.97 Å². The molecule has 0 amide bonds. The van der Waals surface area contributed by atoms with Crippen molar-refractivity contribution in [2.75, 3.05) is 18.6 Å². The predicted octanol–water partition coefficient (Wildman–Crippen LogP) is 4.73. The summed E-state index contributed by atoms with van der Waals surface area (Å²) in [5.74, 6) is -0.137. The lowest BCUT2D eigenvalue weighted by Gasteiger charge is -2.55. The Morgan fingerprint density at radius 2 is 2.07 bits per heavy atom. The van der Waals surface area contributed by atoms with Crippen molar-refractivity contribution in [2.24, 2.45) is 5.92 Å². The Kier molecular flexibility index (Phi) is 5.46. The minimum Gasteiger partial charge on any atom is -0.495 e. The number of carbonyl (C=O) groups excluding carboxylic acids is 1. The smallest absolute Gasteiger partial charge is 0.317 e. The van der Waals surface area contributed by atoms with Crippen LogP contribution in [0.2, 0.25) is 10.0 Å². The van der Waals surface area contributed by atoms with Gasteiger partial charge in [0.25, 0.3) is 0 Å². The summed E-state index contributed by atoms with van der Waals surface area (Å²) in [6.45, 7) is 3.80. The maximum atomic E-state index is 13.1. The average Bonchev–Trinajstić information content (AvgIpc) is 2.69. The van der Waals surface area contributed by atoms with E-state index in [0.29, 0.717) is 37.9 Å². The van der Waals surface area contributed by atoms with Crippen LogP contribution in [0, 0.1) is 5.92 Å². The van der Waals surface area contributed by atoms with E-state index in [-0.39, 0.29) is 6.61 Å². The van der Waals surface area contributed by atoms with Crippen LogP contribution in [-0.4, -0.2) is 30.5 Å². The zero-order valence-electron chi connectivity index (χ0n) is 16.6. The quantitative estimate of drug-likeness (QED) is 0.516. The number of halogens is 2. The largest absolute Gasteiger partial charge is 0.495 e. The number of benzene rings is 2. The highest BCUT2D eigenvalue weighted by molar-refractivity contribution is 7.80. The lowest BCUT2D eigenvalue weighted by molar-refractivity contribution is -0.159. The summed E-state index contributed by atoms with van der Waals surface area (Å²) < 4.78 is 17.4. The number of carbonyl (C=O) groups is 1. The third kappa shape index (κ3) is 3.16. The number of nitrogens with one attached hydrogen (secondary N) is 1. The van der Waals surface area contributed by atoms with Gasteiger partial charge in [0.15, 0.2) is 5.11 Å². The molecule has 0 saturated carbocycles. The maximum absolute atomic E-state index is 13.1. The van der Waals surface area contributed by atoms with E-state index in [2.05, 4.69) is 5.32 Å². The van der Waals surface area contributed by atoms with Gasteiger partial charge in [0.2, 0.25) is 5.72 Å². The highest BCUT2D eigenvalue weighted by Crippen LogP contribution is 2.53. The normalized spacial score (nSPS) is 24.4. The van der Waals surface area contributed by atoms with Gasteiger partial charge < -0.3 is 19.5 Å². The van der Waals surface area contributed by atoms with Crippen LogP contribution in [0.25, 0.3) is 0 Å². The van der Waals surface area contributed by atoms with Crippen molar-refractivity contribution in [1.82, 2.24) is 5.32 Å². The SMILES string of the molecule is CCOC(=O)[C@@H]1[C@H]2NC(=S)N(c3ccccc3OC)[C@@]1(C)Oc1c(Cl)cc(Cl)cc12. The minimum atomic E-state index is -1.22. The number of fused-ring (bicyclic) bond motifs is 4. The van der Waals surface area contributed by atoms with Crippen LogP contribution in [-0.2, 0) is 9.53 Å². The number of thiocarbonyl (C=S) groups is 1. The number of ether oxygens (including phenoxy) is 3. The van der Waals surface area contributed by atoms with Gasteiger partial charge in [0, 0.05) is 10.6 Å². The highest BCUT2D eigenvalue weighted by atomic mass is 35.5. The summed E-state index contributed by atoms with van der Waals surface area (Å²) in [7, 11) is 1.57. The molecule has 2 bridgehead atoms. The van der Waals surface area contributed by atoms with Gasteiger partial charge in [-0.2, -0.15) is 0 Å². The molecule has 30 heavy (non-hydrogen) atoms. The molecule has 0 spiro atoms. The molecule has 0 aromatic heterocycles. The Morgan fingerprint density at radius 1 is 1.33 bits per heavy atom. The third-order valence-electron chi connectivity index (χ3n) is 5.38. The lowest BCUT2D eigenvalue weighted by Crippen LogP contribution is -2.71. The van der Waals surface area contributed by atoms with Crippen LogP contribution in [0.1, 0.15) is 25.5 Å². The number of hydrogen-bond donors (Lipinski definition) is 1. The highest BCUT2D eigenvalue weighted by Gasteiger charge is 2.60. The molecule has 2 heterocycles. The second-order valence-electron chi connectivity index (χ2n) is 7.13. The van der Waals surface area contributed by atoms with E-state index in [1.54, 1.807) is 38.0 Å². The molecule has 2 aromatic rings. The maximum Gasteiger partial charge on any atom is 0.317 e. The fourth-order valence-corrected chi connectivity index (χ4v) is 5.13. The van der Waals surface area contributed by atoms with Crippen LogP contribution in [0.5, 0.6) is 11.5 Å². The predicted molar refractivity (Wildman–Crippen MR) is 120 cm³/mol. The number of para-hydroxylation sites is 2. The molecule has 3 atom stereocenters. The molecule has 0 unspecified atom stereocenters. The van der Waals surface area contributed by atoms with E-state index in [4.69, 9.17) is 49.6 Å². The zero-order chi connectivity index (χ0) is 21.6. The topological polar surface area (TPSA) is 60.0 Å². The Hall–Kier alpha value is -2.22. The Morgan fingerprint density at radius 3 is 2.77 bits per heavy atom. The molecular weight excluding hydrogens is 447 g/mol. The molecule has 2 aliphatic heterocycles. The van der Waals surface area contributed by atoms with E-state index in [9.17, 15) is 4.79 Å². The standard InChI is InChI=1S/C21H20Cl2N2O4S/c1-4-28-19(26)16-17-12-9-11(22)10-13(23)18(12)29-21(16,2)25(20(30)24-17)14-7-5-6-8-15(14)27-3/h5-10,16-17H,4H2,1-3H3,(H,24,30)/t16-,17-,21-/m0/s1. The van der Waals surface area contributed by atoms with Gasteiger partial charge in [-0.3, -0.25) is 9.69 Å². The number of esters is 1. The lowest BCUT2D eigenvalue weighted by atomic mass is 9.79. The van der Waals surface area contributed by atoms with E-state index in [1.807, 2.05) is 24.3 Å². The summed E-state index contributed by atoms with van der Waals surface area (Å²) >= 11 is 18.4. The molecule has 0 radical (unpaired) electrons.